The zero-order valence-corrected chi connectivity index (χ0v) is 13.7. The summed E-state index contributed by atoms with van der Waals surface area (Å²) in [5.74, 6) is -0.352. The zero-order valence-electron chi connectivity index (χ0n) is 12.1. The fourth-order valence-corrected chi connectivity index (χ4v) is 2.44. The Labute approximate surface area is 140 Å². The molecule has 1 amide bonds. The summed E-state index contributed by atoms with van der Waals surface area (Å²) in [5.41, 5.74) is 0.862. The zero-order chi connectivity index (χ0) is 17.0. The molecular weight excluding hydrogens is 368 g/mol. The molecule has 2 rings (SSSR count). The number of hydrogen-bond acceptors (Lipinski definition) is 5. The first kappa shape index (κ1) is 16.8. The highest BCUT2D eigenvalue weighted by Crippen LogP contribution is 2.31. The lowest BCUT2D eigenvalue weighted by Gasteiger charge is -2.10. The van der Waals surface area contributed by atoms with Crippen LogP contribution >= 0.6 is 15.9 Å². The Hall–Kier alpha value is -2.61. The normalized spacial score (nSPS) is 10.2. The van der Waals surface area contributed by atoms with Crippen molar-refractivity contribution in [1.82, 2.24) is 0 Å². The maximum absolute atomic E-state index is 11.9. The molecule has 0 atom stereocenters. The van der Waals surface area contributed by atoms with E-state index >= 15 is 0 Å². The number of phenols is 1. The van der Waals surface area contributed by atoms with Crippen molar-refractivity contribution in [2.24, 2.45) is 0 Å². The molecule has 2 N–H and O–H groups in total. The smallest absolute Gasteiger partial charge is 0.310 e. The molecule has 0 spiro atoms. The third kappa shape index (κ3) is 4.19. The van der Waals surface area contributed by atoms with Gasteiger partial charge in [0.2, 0.25) is 0 Å². The van der Waals surface area contributed by atoms with E-state index in [-0.39, 0.29) is 23.8 Å². The van der Waals surface area contributed by atoms with Gasteiger partial charge in [0.05, 0.1) is 9.40 Å². The van der Waals surface area contributed by atoms with Crippen molar-refractivity contribution in [3.8, 4) is 11.5 Å². The molecule has 0 aliphatic rings. The van der Waals surface area contributed by atoms with Crippen LogP contribution in [0.5, 0.6) is 11.5 Å². The van der Waals surface area contributed by atoms with Gasteiger partial charge < -0.3 is 15.2 Å². The number of benzene rings is 2. The van der Waals surface area contributed by atoms with E-state index in [1.807, 2.05) is 0 Å². The van der Waals surface area contributed by atoms with Crippen LogP contribution in [0.2, 0.25) is 0 Å². The van der Waals surface area contributed by atoms with Crippen LogP contribution in [0.15, 0.2) is 40.9 Å². The van der Waals surface area contributed by atoms with Crippen molar-refractivity contribution < 1.29 is 19.6 Å². The fraction of sp³-hybridized carbons (Fsp3) is 0.133. The molecule has 0 bridgehead atoms. The van der Waals surface area contributed by atoms with Crippen LogP contribution < -0.4 is 10.1 Å². The maximum Gasteiger partial charge on any atom is 0.310 e. The Bertz CT molecular complexity index is 740. The van der Waals surface area contributed by atoms with E-state index in [0.29, 0.717) is 15.7 Å². The molecule has 0 saturated heterocycles. The number of nitro groups is 1. The van der Waals surface area contributed by atoms with E-state index in [9.17, 15) is 20.0 Å². The van der Waals surface area contributed by atoms with Crippen LogP contribution in [-0.4, -0.2) is 22.5 Å². The first-order valence-corrected chi connectivity index (χ1v) is 7.33. The molecule has 120 valence electrons. The van der Waals surface area contributed by atoms with Gasteiger partial charge in [-0.15, -0.1) is 0 Å². The molecule has 0 fully saturated rings. The van der Waals surface area contributed by atoms with E-state index in [2.05, 4.69) is 21.2 Å². The minimum absolute atomic E-state index is 0.0238. The van der Waals surface area contributed by atoms with Gasteiger partial charge in [-0.25, -0.2) is 0 Å². The third-order valence-corrected chi connectivity index (χ3v) is 3.56. The Balaban J connectivity index is 2.03. The standard InChI is InChI=1S/C15H13BrN2O5/c1-9-6-10(7-11(16)15(9)20)17-14(19)8-23-13-5-3-2-4-12(13)18(21)22/h2-7,20H,8H2,1H3,(H,17,19). The first-order valence-electron chi connectivity index (χ1n) is 6.53. The number of aryl methyl sites for hydroxylation is 1. The number of nitrogens with zero attached hydrogens (tertiary/aromatic N) is 1. The molecule has 0 heterocycles. The average molecular weight is 381 g/mol. The minimum Gasteiger partial charge on any atom is -0.506 e. The molecular formula is C15H13BrN2O5. The number of nitrogens with one attached hydrogen (secondary N) is 1. The summed E-state index contributed by atoms with van der Waals surface area (Å²) in [6.45, 7) is 1.32. The summed E-state index contributed by atoms with van der Waals surface area (Å²) in [5, 5.41) is 23.1. The number of carbonyl (C=O) groups excluding carboxylic acids is 1. The topological polar surface area (TPSA) is 102 Å². The van der Waals surface area contributed by atoms with Crippen molar-refractivity contribution in [2.45, 2.75) is 6.92 Å². The summed E-state index contributed by atoms with van der Waals surface area (Å²) >= 11 is 3.18. The van der Waals surface area contributed by atoms with Gasteiger partial charge in [0, 0.05) is 11.8 Å². The predicted octanol–water partition coefficient (Wildman–Crippen LogP) is 3.39. The van der Waals surface area contributed by atoms with Crippen molar-refractivity contribution >= 4 is 33.2 Å². The van der Waals surface area contributed by atoms with Gasteiger partial charge in [-0.05, 0) is 46.6 Å². The van der Waals surface area contributed by atoms with Gasteiger partial charge in [-0.2, -0.15) is 0 Å². The number of halogens is 1. The number of carbonyl (C=O) groups is 1. The molecule has 0 radical (unpaired) electrons. The number of ether oxygens (including phenoxy) is 1. The van der Waals surface area contributed by atoms with Crippen LogP contribution in [0, 0.1) is 17.0 Å². The number of nitro benzene ring substituents is 1. The van der Waals surface area contributed by atoms with Gasteiger partial charge in [-0.1, -0.05) is 12.1 Å². The summed E-state index contributed by atoms with van der Waals surface area (Å²) in [6.07, 6.45) is 0. The monoisotopic (exact) mass is 380 g/mol. The molecule has 0 aliphatic heterocycles. The second kappa shape index (κ2) is 7.10. The van der Waals surface area contributed by atoms with Gasteiger partial charge in [0.1, 0.15) is 5.75 Å². The van der Waals surface area contributed by atoms with Crippen LogP contribution in [-0.2, 0) is 4.79 Å². The highest BCUT2D eigenvalue weighted by atomic mass is 79.9. The third-order valence-electron chi connectivity index (χ3n) is 2.96. The van der Waals surface area contributed by atoms with E-state index in [0.717, 1.165) is 0 Å². The molecule has 2 aromatic carbocycles. The highest BCUT2D eigenvalue weighted by Gasteiger charge is 2.15. The van der Waals surface area contributed by atoms with Crippen LogP contribution in [0.3, 0.4) is 0 Å². The van der Waals surface area contributed by atoms with E-state index in [1.165, 1.54) is 18.2 Å². The van der Waals surface area contributed by atoms with Crippen LogP contribution in [0.1, 0.15) is 5.56 Å². The Morgan fingerprint density at radius 2 is 2.09 bits per heavy atom. The number of rotatable bonds is 5. The fourth-order valence-electron chi connectivity index (χ4n) is 1.88. The number of aromatic hydroxyl groups is 1. The SMILES string of the molecule is Cc1cc(NC(=O)COc2ccccc2[N+](=O)[O-])cc(Br)c1O. The number of phenolic OH excluding ortho intramolecular Hbond substituents is 1. The number of hydrogen-bond donors (Lipinski definition) is 2. The number of para-hydroxylation sites is 2. The van der Waals surface area contributed by atoms with Gasteiger partial charge in [-0.3, -0.25) is 14.9 Å². The predicted molar refractivity (Wildman–Crippen MR) is 87.8 cm³/mol. The second-order valence-electron chi connectivity index (χ2n) is 4.69. The van der Waals surface area contributed by atoms with Gasteiger partial charge >= 0.3 is 5.69 Å². The molecule has 0 aromatic heterocycles. The van der Waals surface area contributed by atoms with E-state index in [4.69, 9.17) is 4.74 Å². The molecule has 2 aromatic rings. The van der Waals surface area contributed by atoms with Crippen molar-refractivity contribution in [2.75, 3.05) is 11.9 Å². The Kier molecular flexibility index (Phi) is 5.17. The molecule has 0 saturated carbocycles. The van der Waals surface area contributed by atoms with Gasteiger partial charge in [0.25, 0.3) is 5.91 Å². The van der Waals surface area contributed by atoms with Crippen LogP contribution in [0.25, 0.3) is 0 Å². The minimum atomic E-state index is -0.576. The Morgan fingerprint density at radius 1 is 1.39 bits per heavy atom. The second-order valence-corrected chi connectivity index (χ2v) is 5.54. The quantitative estimate of drug-likeness (QED) is 0.470. The van der Waals surface area contributed by atoms with Crippen LogP contribution in [0.4, 0.5) is 11.4 Å². The molecule has 7 nitrogen and oxygen atoms in total. The first-order chi connectivity index (χ1) is 10.9. The van der Waals surface area contributed by atoms with Crippen molar-refractivity contribution in [3.05, 3.63) is 56.5 Å². The highest BCUT2D eigenvalue weighted by molar-refractivity contribution is 9.10. The molecule has 23 heavy (non-hydrogen) atoms. The number of anilines is 1. The van der Waals surface area contributed by atoms with Crippen molar-refractivity contribution in [3.63, 3.8) is 0 Å². The lowest BCUT2D eigenvalue weighted by Crippen LogP contribution is -2.20. The lowest BCUT2D eigenvalue weighted by molar-refractivity contribution is -0.385. The van der Waals surface area contributed by atoms with Crippen molar-refractivity contribution in [1.29, 1.82) is 0 Å². The maximum atomic E-state index is 11.9. The van der Waals surface area contributed by atoms with Gasteiger partial charge in [0.15, 0.2) is 12.4 Å². The average Bonchev–Trinajstić information content (AvgIpc) is 2.50. The summed E-state index contributed by atoms with van der Waals surface area (Å²) in [6, 6.07) is 8.97. The largest absolute Gasteiger partial charge is 0.506 e. The summed E-state index contributed by atoms with van der Waals surface area (Å²) < 4.78 is 5.65. The summed E-state index contributed by atoms with van der Waals surface area (Å²) in [7, 11) is 0. The van der Waals surface area contributed by atoms with E-state index < -0.39 is 10.8 Å². The molecule has 8 heteroatoms. The number of amides is 1. The Morgan fingerprint density at radius 3 is 2.74 bits per heavy atom. The molecule has 0 aliphatic carbocycles. The molecule has 0 unspecified atom stereocenters. The summed E-state index contributed by atoms with van der Waals surface area (Å²) in [4.78, 5) is 22.2. The lowest BCUT2D eigenvalue weighted by atomic mass is 10.2. The van der Waals surface area contributed by atoms with E-state index in [1.54, 1.807) is 25.1 Å².